The minimum atomic E-state index is 0.0154. The minimum Gasteiger partial charge on any atom is -0.355 e. The van der Waals surface area contributed by atoms with Crippen LogP contribution in [0.25, 0.3) is 0 Å². The largest absolute Gasteiger partial charge is 0.355 e. The van der Waals surface area contributed by atoms with Crippen LogP contribution >= 0.6 is 11.3 Å². The summed E-state index contributed by atoms with van der Waals surface area (Å²) in [5.74, 6) is 0.118. The zero-order valence-corrected chi connectivity index (χ0v) is 11.6. The van der Waals surface area contributed by atoms with E-state index in [-0.39, 0.29) is 11.8 Å². The van der Waals surface area contributed by atoms with Gasteiger partial charge in [0.15, 0.2) is 0 Å². The van der Waals surface area contributed by atoms with E-state index in [1.165, 1.54) is 0 Å². The molecule has 1 heterocycles. The van der Waals surface area contributed by atoms with E-state index >= 15 is 0 Å². The fourth-order valence-corrected chi connectivity index (χ4v) is 2.29. The molecule has 0 saturated heterocycles. The summed E-state index contributed by atoms with van der Waals surface area (Å²) in [7, 11) is 1.85. The van der Waals surface area contributed by atoms with Crippen LogP contribution in [0.5, 0.6) is 0 Å². The van der Waals surface area contributed by atoms with E-state index in [1.54, 1.807) is 11.3 Å². The number of rotatable bonds is 7. The first kappa shape index (κ1) is 14.1. The third-order valence-corrected chi connectivity index (χ3v) is 3.58. The van der Waals surface area contributed by atoms with Crippen LogP contribution < -0.4 is 10.6 Å². The van der Waals surface area contributed by atoms with Crippen molar-refractivity contribution in [2.75, 3.05) is 20.1 Å². The summed E-state index contributed by atoms with van der Waals surface area (Å²) in [6, 6.07) is 0. The molecule has 2 N–H and O–H groups in total. The molecule has 0 aliphatic heterocycles. The maximum Gasteiger partial charge on any atom is 0.224 e. The lowest BCUT2D eigenvalue weighted by atomic mass is 10.1. The number of amides is 1. The van der Waals surface area contributed by atoms with Crippen LogP contribution in [0.2, 0.25) is 0 Å². The van der Waals surface area contributed by atoms with E-state index in [4.69, 9.17) is 0 Å². The molecule has 0 radical (unpaired) electrons. The van der Waals surface area contributed by atoms with Crippen molar-refractivity contribution in [1.29, 1.82) is 0 Å². The number of nitrogens with zero attached hydrogens (tertiary/aromatic N) is 1. The van der Waals surface area contributed by atoms with Crippen LogP contribution in [0.15, 0.2) is 5.38 Å². The van der Waals surface area contributed by atoms with Crippen molar-refractivity contribution in [2.24, 2.45) is 5.92 Å². The smallest absolute Gasteiger partial charge is 0.224 e. The fourth-order valence-electron chi connectivity index (χ4n) is 1.51. The molecule has 0 fully saturated rings. The van der Waals surface area contributed by atoms with Crippen LogP contribution in [-0.2, 0) is 17.6 Å². The number of nitrogens with one attached hydrogen (secondary N) is 2. The summed E-state index contributed by atoms with van der Waals surface area (Å²) >= 11 is 1.69. The summed E-state index contributed by atoms with van der Waals surface area (Å²) in [6.07, 6.45) is 1.80. The quantitative estimate of drug-likeness (QED) is 0.770. The molecule has 0 saturated carbocycles. The molecule has 0 aliphatic carbocycles. The van der Waals surface area contributed by atoms with Crippen molar-refractivity contribution in [1.82, 2.24) is 15.6 Å². The Morgan fingerprint density at radius 1 is 1.59 bits per heavy atom. The van der Waals surface area contributed by atoms with Crippen molar-refractivity contribution in [3.8, 4) is 0 Å². The maximum absolute atomic E-state index is 11.6. The van der Waals surface area contributed by atoms with E-state index in [1.807, 2.05) is 14.0 Å². The monoisotopic (exact) mass is 255 g/mol. The Morgan fingerprint density at radius 3 is 2.94 bits per heavy atom. The number of aryl methyl sites for hydroxylation is 1. The summed E-state index contributed by atoms with van der Waals surface area (Å²) in [5.41, 5.74) is 1.08. The van der Waals surface area contributed by atoms with Gasteiger partial charge in [-0.3, -0.25) is 4.79 Å². The lowest BCUT2D eigenvalue weighted by molar-refractivity contribution is -0.124. The van der Waals surface area contributed by atoms with E-state index in [0.29, 0.717) is 13.1 Å². The number of carbonyl (C=O) groups is 1. The fraction of sp³-hybridized carbons (Fsp3) is 0.667. The zero-order chi connectivity index (χ0) is 12.7. The predicted molar refractivity (Wildman–Crippen MR) is 71.3 cm³/mol. The summed E-state index contributed by atoms with van der Waals surface area (Å²) in [5, 5.41) is 9.16. The van der Waals surface area contributed by atoms with Crippen LogP contribution in [-0.4, -0.2) is 31.0 Å². The topological polar surface area (TPSA) is 54.0 Å². The van der Waals surface area contributed by atoms with Gasteiger partial charge in [0.25, 0.3) is 0 Å². The second-order valence-electron chi connectivity index (χ2n) is 4.09. The first-order chi connectivity index (χ1) is 8.17. The van der Waals surface area contributed by atoms with Gasteiger partial charge in [-0.05, 0) is 13.5 Å². The third-order valence-electron chi connectivity index (χ3n) is 2.54. The maximum atomic E-state index is 11.6. The van der Waals surface area contributed by atoms with Crippen molar-refractivity contribution < 1.29 is 4.79 Å². The highest BCUT2D eigenvalue weighted by atomic mass is 32.1. The molecule has 1 unspecified atom stereocenters. The Balaban J connectivity index is 2.25. The van der Waals surface area contributed by atoms with Gasteiger partial charge >= 0.3 is 0 Å². The van der Waals surface area contributed by atoms with E-state index in [0.717, 1.165) is 23.5 Å². The molecule has 4 nitrogen and oxygen atoms in total. The lowest BCUT2D eigenvalue weighted by Gasteiger charge is -2.10. The third kappa shape index (κ3) is 4.83. The summed E-state index contributed by atoms with van der Waals surface area (Å²) in [4.78, 5) is 16.1. The predicted octanol–water partition coefficient (Wildman–Crippen LogP) is 1.22. The molecule has 1 aromatic rings. The average Bonchev–Trinajstić information content (AvgIpc) is 2.77. The first-order valence-corrected chi connectivity index (χ1v) is 6.91. The van der Waals surface area contributed by atoms with Gasteiger partial charge in [0.2, 0.25) is 5.91 Å². The van der Waals surface area contributed by atoms with Gasteiger partial charge in [-0.15, -0.1) is 11.3 Å². The van der Waals surface area contributed by atoms with Crippen molar-refractivity contribution in [3.05, 3.63) is 16.1 Å². The SMILES string of the molecule is CCc1nc(CCNC(=O)C(C)CNC)cs1. The molecule has 0 aromatic carbocycles. The van der Waals surface area contributed by atoms with E-state index < -0.39 is 0 Å². The lowest BCUT2D eigenvalue weighted by Crippen LogP contribution is -2.35. The molecular weight excluding hydrogens is 234 g/mol. The number of carbonyl (C=O) groups excluding carboxylic acids is 1. The molecule has 1 amide bonds. The molecule has 5 heteroatoms. The van der Waals surface area contributed by atoms with Gasteiger partial charge in [0.05, 0.1) is 10.7 Å². The Kier molecular flexibility index (Phi) is 6.15. The van der Waals surface area contributed by atoms with Gasteiger partial charge in [-0.2, -0.15) is 0 Å². The molecule has 0 aliphatic rings. The first-order valence-electron chi connectivity index (χ1n) is 6.03. The molecule has 17 heavy (non-hydrogen) atoms. The average molecular weight is 255 g/mol. The molecule has 0 bridgehead atoms. The van der Waals surface area contributed by atoms with Gasteiger partial charge in [0.1, 0.15) is 0 Å². The second kappa shape index (κ2) is 7.40. The number of aromatic nitrogens is 1. The Labute approximate surface area is 107 Å². The second-order valence-corrected chi connectivity index (χ2v) is 5.03. The van der Waals surface area contributed by atoms with Gasteiger partial charge in [-0.25, -0.2) is 4.98 Å². The van der Waals surface area contributed by atoms with Crippen LogP contribution in [0.1, 0.15) is 24.5 Å². The van der Waals surface area contributed by atoms with Crippen molar-refractivity contribution >= 4 is 17.2 Å². The highest BCUT2D eigenvalue weighted by Crippen LogP contribution is 2.10. The van der Waals surface area contributed by atoms with Gasteiger partial charge < -0.3 is 10.6 Å². The standard InChI is InChI=1S/C12H21N3OS/c1-4-11-15-10(8-17-11)5-6-14-12(16)9(2)7-13-3/h8-9,13H,4-7H2,1-3H3,(H,14,16). The van der Waals surface area contributed by atoms with Crippen LogP contribution in [0.4, 0.5) is 0 Å². The van der Waals surface area contributed by atoms with E-state index in [2.05, 4.69) is 27.9 Å². The molecule has 1 rings (SSSR count). The Hall–Kier alpha value is -0.940. The van der Waals surface area contributed by atoms with Crippen molar-refractivity contribution in [2.45, 2.75) is 26.7 Å². The zero-order valence-electron chi connectivity index (χ0n) is 10.7. The number of thiazole rings is 1. The Bertz CT molecular complexity index is 351. The summed E-state index contributed by atoms with van der Waals surface area (Å²) < 4.78 is 0. The molecule has 0 spiro atoms. The number of hydrogen-bond acceptors (Lipinski definition) is 4. The normalized spacial score (nSPS) is 12.4. The molecule has 1 aromatic heterocycles. The van der Waals surface area contributed by atoms with Gasteiger partial charge in [0, 0.05) is 30.8 Å². The van der Waals surface area contributed by atoms with Gasteiger partial charge in [-0.1, -0.05) is 13.8 Å². The van der Waals surface area contributed by atoms with E-state index in [9.17, 15) is 4.79 Å². The molecule has 96 valence electrons. The molecular formula is C12H21N3OS. The summed E-state index contributed by atoms with van der Waals surface area (Å²) in [6.45, 7) is 5.40. The number of hydrogen-bond donors (Lipinski definition) is 2. The highest BCUT2D eigenvalue weighted by Gasteiger charge is 2.10. The molecule has 1 atom stereocenters. The highest BCUT2D eigenvalue weighted by molar-refractivity contribution is 7.09. The van der Waals surface area contributed by atoms with Crippen molar-refractivity contribution in [3.63, 3.8) is 0 Å². The Morgan fingerprint density at radius 2 is 2.35 bits per heavy atom. The van der Waals surface area contributed by atoms with Crippen LogP contribution in [0.3, 0.4) is 0 Å². The minimum absolute atomic E-state index is 0.0154. The van der Waals surface area contributed by atoms with Crippen LogP contribution in [0, 0.1) is 5.92 Å².